The zero-order valence-electron chi connectivity index (χ0n) is 11.3. The Labute approximate surface area is 129 Å². The molecule has 3 aliphatic rings. The molecule has 0 aromatic heterocycles. The first-order valence-electron chi connectivity index (χ1n) is 6.96. The van der Waals surface area contributed by atoms with Crippen LogP contribution < -0.4 is 4.90 Å². The number of halogens is 1. The van der Waals surface area contributed by atoms with Gasteiger partial charge in [-0.3, -0.25) is 19.7 Å². The average molecular weight is 323 g/mol. The van der Waals surface area contributed by atoms with E-state index in [-0.39, 0.29) is 40.4 Å². The summed E-state index contributed by atoms with van der Waals surface area (Å²) < 4.78 is 5.65. The molecule has 2 unspecified atom stereocenters. The summed E-state index contributed by atoms with van der Waals surface area (Å²) in [6.07, 6.45) is 1.14. The minimum Gasteiger partial charge on any atom is -0.373 e. The number of nitro benzene ring substituents is 1. The summed E-state index contributed by atoms with van der Waals surface area (Å²) in [4.78, 5) is 36.5. The molecule has 4 atom stereocenters. The van der Waals surface area contributed by atoms with Crippen LogP contribution in [0.25, 0.3) is 0 Å². The largest absolute Gasteiger partial charge is 0.373 e. The van der Waals surface area contributed by atoms with Crippen molar-refractivity contribution in [3.8, 4) is 0 Å². The number of nitrogens with zero attached hydrogens (tertiary/aromatic N) is 2. The Bertz CT molecular complexity index is 693. The maximum Gasteiger partial charge on any atom is 0.289 e. The van der Waals surface area contributed by atoms with E-state index in [4.69, 9.17) is 16.3 Å². The SMILES string of the molecule is O=C1[C@@H]2C3CCC(O3)[C@@H]2C(=O)N1c1ccc(Cl)c([N+](=O)[O-])c1. The van der Waals surface area contributed by atoms with Crippen molar-refractivity contribution in [1.82, 2.24) is 0 Å². The van der Waals surface area contributed by atoms with Gasteiger partial charge < -0.3 is 4.74 Å². The molecule has 3 aliphatic heterocycles. The molecule has 7 nitrogen and oxygen atoms in total. The van der Waals surface area contributed by atoms with Gasteiger partial charge in [0.15, 0.2) is 0 Å². The number of anilines is 1. The van der Waals surface area contributed by atoms with Gasteiger partial charge in [-0.1, -0.05) is 11.6 Å². The second kappa shape index (κ2) is 4.50. The van der Waals surface area contributed by atoms with Crippen molar-refractivity contribution in [2.75, 3.05) is 4.90 Å². The molecular formula is C14H11ClN2O5. The van der Waals surface area contributed by atoms with Gasteiger partial charge in [-0.25, -0.2) is 4.90 Å². The normalized spacial score (nSPS) is 32.7. The fourth-order valence-corrected chi connectivity index (χ4v) is 3.93. The second-order valence-corrected chi connectivity index (χ2v) is 6.15. The highest BCUT2D eigenvalue weighted by Crippen LogP contribution is 2.49. The Hall–Kier alpha value is -1.99. The second-order valence-electron chi connectivity index (χ2n) is 5.75. The van der Waals surface area contributed by atoms with E-state index in [0.29, 0.717) is 0 Å². The topological polar surface area (TPSA) is 89.8 Å². The van der Waals surface area contributed by atoms with E-state index >= 15 is 0 Å². The molecule has 114 valence electrons. The van der Waals surface area contributed by atoms with Crippen LogP contribution in [0.1, 0.15) is 12.8 Å². The molecule has 1 aromatic rings. The Morgan fingerprint density at radius 3 is 2.32 bits per heavy atom. The zero-order chi connectivity index (χ0) is 15.6. The van der Waals surface area contributed by atoms with Crippen LogP contribution in [0, 0.1) is 22.0 Å². The molecule has 0 radical (unpaired) electrons. The summed E-state index contributed by atoms with van der Waals surface area (Å²) in [5, 5.41) is 10.9. The predicted octanol–water partition coefficient (Wildman–Crippen LogP) is 1.91. The Morgan fingerprint density at radius 1 is 1.18 bits per heavy atom. The van der Waals surface area contributed by atoms with Crippen LogP contribution in [0.2, 0.25) is 5.02 Å². The van der Waals surface area contributed by atoms with E-state index < -0.39 is 16.8 Å². The Morgan fingerprint density at radius 2 is 1.77 bits per heavy atom. The first-order chi connectivity index (χ1) is 10.5. The highest BCUT2D eigenvalue weighted by atomic mass is 35.5. The maximum absolute atomic E-state index is 12.6. The number of hydrogen-bond donors (Lipinski definition) is 0. The standard InChI is InChI=1S/C14H11ClN2O5/c15-7-2-1-6(5-8(7)17(20)21)16-13(18)11-9-3-4-10(22-9)12(11)14(16)19/h1-2,5,9-12H,3-4H2/t9?,10?,11-,12+. The number of fused-ring (bicyclic) bond motifs is 5. The fourth-order valence-electron chi connectivity index (χ4n) is 3.75. The smallest absolute Gasteiger partial charge is 0.289 e. The number of carbonyl (C=O) groups is 2. The van der Waals surface area contributed by atoms with E-state index in [0.717, 1.165) is 17.7 Å². The zero-order valence-corrected chi connectivity index (χ0v) is 12.0. The van der Waals surface area contributed by atoms with Crippen molar-refractivity contribution < 1.29 is 19.2 Å². The molecule has 3 fully saturated rings. The number of hydrogen-bond acceptors (Lipinski definition) is 5. The van der Waals surface area contributed by atoms with E-state index in [1.165, 1.54) is 18.2 Å². The summed E-state index contributed by atoms with van der Waals surface area (Å²) in [7, 11) is 0. The Kier molecular flexibility index (Phi) is 2.79. The molecule has 0 saturated carbocycles. The summed E-state index contributed by atoms with van der Waals surface area (Å²) in [6.45, 7) is 0. The number of carbonyl (C=O) groups excluding carboxylic acids is 2. The van der Waals surface area contributed by atoms with Crippen molar-refractivity contribution in [3.05, 3.63) is 33.3 Å². The number of ether oxygens (including phenoxy) is 1. The third-order valence-electron chi connectivity index (χ3n) is 4.67. The van der Waals surface area contributed by atoms with Gasteiger partial charge in [-0.05, 0) is 25.0 Å². The lowest BCUT2D eigenvalue weighted by Crippen LogP contribution is -2.34. The van der Waals surface area contributed by atoms with E-state index in [1.807, 2.05) is 0 Å². The van der Waals surface area contributed by atoms with Crippen LogP contribution in [-0.4, -0.2) is 28.9 Å². The number of imide groups is 1. The van der Waals surface area contributed by atoms with Crippen molar-refractivity contribution in [2.45, 2.75) is 25.0 Å². The first kappa shape index (κ1) is 13.7. The van der Waals surface area contributed by atoms with Crippen LogP contribution in [0.3, 0.4) is 0 Å². The Balaban J connectivity index is 1.75. The molecule has 0 aliphatic carbocycles. The third-order valence-corrected chi connectivity index (χ3v) is 4.99. The van der Waals surface area contributed by atoms with Crippen LogP contribution in [0.15, 0.2) is 18.2 Å². The minimum absolute atomic E-state index is 0.0311. The van der Waals surface area contributed by atoms with Gasteiger partial charge in [0, 0.05) is 6.07 Å². The third kappa shape index (κ3) is 1.66. The molecular weight excluding hydrogens is 312 g/mol. The van der Waals surface area contributed by atoms with Gasteiger partial charge in [-0.2, -0.15) is 0 Å². The lowest BCUT2D eigenvalue weighted by molar-refractivity contribution is -0.384. The van der Waals surface area contributed by atoms with Crippen LogP contribution in [0.4, 0.5) is 11.4 Å². The highest BCUT2D eigenvalue weighted by molar-refractivity contribution is 6.33. The minimum atomic E-state index is -0.634. The summed E-state index contributed by atoms with van der Waals surface area (Å²) in [5.74, 6) is -1.58. The van der Waals surface area contributed by atoms with Crippen LogP contribution >= 0.6 is 11.6 Å². The van der Waals surface area contributed by atoms with Gasteiger partial charge in [-0.15, -0.1) is 0 Å². The van der Waals surface area contributed by atoms with Gasteiger partial charge in [0.05, 0.1) is 34.7 Å². The molecule has 2 bridgehead atoms. The summed E-state index contributed by atoms with van der Waals surface area (Å²) in [5.41, 5.74) is -0.129. The van der Waals surface area contributed by atoms with Crippen LogP contribution in [-0.2, 0) is 14.3 Å². The molecule has 1 aromatic carbocycles. The predicted molar refractivity (Wildman–Crippen MR) is 75.5 cm³/mol. The number of nitro groups is 1. The molecule has 22 heavy (non-hydrogen) atoms. The van der Waals surface area contributed by atoms with E-state index in [9.17, 15) is 19.7 Å². The molecule has 8 heteroatoms. The van der Waals surface area contributed by atoms with Crippen molar-refractivity contribution in [2.24, 2.45) is 11.8 Å². The first-order valence-corrected chi connectivity index (χ1v) is 7.34. The molecule has 2 amide bonds. The number of rotatable bonds is 2. The van der Waals surface area contributed by atoms with Gasteiger partial charge in [0.25, 0.3) is 5.69 Å². The fraction of sp³-hybridized carbons (Fsp3) is 0.429. The van der Waals surface area contributed by atoms with E-state index in [2.05, 4.69) is 0 Å². The summed E-state index contributed by atoms with van der Waals surface area (Å²) in [6, 6.07) is 3.95. The van der Waals surface area contributed by atoms with Crippen molar-refractivity contribution in [3.63, 3.8) is 0 Å². The van der Waals surface area contributed by atoms with Gasteiger partial charge in [0.1, 0.15) is 5.02 Å². The van der Waals surface area contributed by atoms with Crippen molar-refractivity contribution in [1.29, 1.82) is 0 Å². The van der Waals surface area contributed by atoms with E-state index in [1.54, 1.807) is 0 Å². The number of benzene rings is 1. The lowest BCUT2D eigenvalue weighted by Gasteiger charge is -2.17. The monoisotopic (exact) mass is 322 g/mol. The number of amides is 2. The van der Waals surface area contributed by atoms with Crippen LogP contribution in [0.5, 0.6) is 0 Å². The van der Waals surface area contributed by atoms with Crippen molar-refractivity contribution >= 4 is 34.8 Å². The lowest BCUT2D eigenvalue weighted by atomic mass is 9.81. The molecule has 4 rings (SSSR count). The molecule has 0 N–H and O–H groups in total. The summed E-state index contributed by atoms with van der Waals surface area (Å²) >= 11 is 5.77. The maximum atomic E-state index is 12.6. The average Bonchev–Trinajstić information content (AvgIpc) is 3.14. The molecule has 0 spiro atoms. The molecule has 3 heterocycles. The highest BCUT2D eigenvalue weighted by Gasteiger charge is 2.62. The van der Waals surface area contributed by atoms with Gasteiger partial charge in [0.2, 0.25) is 11.8 Å². The molecule has 3 saturated heterocycles. The van der Waals surface area contributed by atoms with Gasteiger partial charge >= 0.3 is 0 Å². The quantitative estimate of drug-likeness (QED) is 0.471.